The predicted octanol–water partition coefficient (Wildman–Crippen LogP) is 3.99. The Bertz CT molecular complexity index is 523. The smallest absolute Gasteiger partial charge is 0.133 e. The fourth-order valence-corrected chi connectivity index (χ4v) is 2.58. The van der Waals surface area contributed by atoms with Crippen molar-refractivity contribution in [1.82, 2.24) is 0 Å². The zero-order valence-corrected chi connectivity index (χ0v) is 11.5. The van der Waals surface area contributed by atoms with Crippen molar-refractivity contribution in [3.63, 3.8) is 0 Å². The summed E-state index contributed by atoms with van der Waals surface area (Å²) in [5, 5.41) is 0. The van der Waals surface area contributed by atoms with Gasteiger partial charge < -0.3 is 10.5 Å². The third-order valence-electron chi connectivity index (χ3n) is 2.74. The minimum Gasteiger partial charge on any atom is -0.496 e. The maximum absolute atomic E-state index is 5.68. The lowest BCUT2D eigenvalue weighted by atomic mass is 10.2. The molecule has 2 nitrogen and oxygen atoms in total. The van der Waals surface area contributed by atoms with Crippen molar-refractivity contribution in [3.8, 4) is 5.75 Å². The highest BCUT2D eigenvalue weighted by Gasteiger charge is 2.05. The molecule has 2 aromatic rings. The number of aryl methyl sites for hydroxylation is 1. The first-order valence-electron chi connectivity index (χ1n) is 5.93. The Morgan fingerprint density at radius 1 is 1.11 bits per heavy atom. The van der Waals surface area contributed by atoms with Crippen LogP contribution in [0.25, 0.3) is 0 Å². The molecule has 0 unspecified atom stereocenters. The Hall–Kier alpha value is -1.61. The van der Waals surface area contributed by atoms with Crippen LogP contribution in [0.5, 0.6) is 5.75 Å². The summed E-state index contributed by atoms with van der Waals surface area (Å²) in [5.74, 6) is 0.927. The van der Waals surface area contributed by atoms with E-state index in [1.807, 2.05) is 24.3 Å². The van der Waals surface area contributed by atoms with Crippen LogP contribution in [-0.2, 0) is 6.42 Å². The van der Waals surface area contributed by atoms with Gasteiger partial charge in [-0.15, -0.1) is 0 Å². The topological polar surface area (TPSA) is 35.2 Å². The molecular formula is C15H17NOS. The van der Waals surface area contributed by atoms with Crippen LogP contribution in [0.2, 0.25) is 0 Å². The highest BCUT2D eigenvalue weighted by atomic mass is 32.2. The molecular weight excluding hydrogens is 242 g/mol. The molecule has 2 N–H and O–H groups in total. The van der Waals surface area contributed by atoms with Gasteiger partial charge in [0.05, 0.1) is 12.0 Å². The summed E-state index contributed by atoms with van der Waals surface area (Å²) >= 11 is 1.69. The van der Waals surface area contributed by atoms with E-state index >= 15 is 0 Å². The second-order valence-electron chi connectivity index (χ2n) is 4.01. The van der Waals surface area contributed by atoms with Gasteiger partial charge in [0.15, 0.2) is 0 Å². The summed E-state index contributed by atoms with van der Waals surface area (Å²) in [7, 11) is 1.71. The van der Waals surface area contributed by atoms with Crippen LogP contribution in [0.3, 0.4) is 0 Å². The number of nitrogen functional groups attached to an aromatic ring is 1. The lowest BCUT2D eigenvalue weighted by molar-refractivity contribution is 0.404. The Balaban J connectivity index is 2.25. The van der Waals surface area contributed by atoms with Crippen LogP contribution < -0.4 is 10.5 Å². The molecule has 0 radical (unpaired) electrons. The molecule has 0 saturated heterocycles. The number of anilines is 1. The molecule has 2 aromatic carbocycles. The molecule has 0 heterocycles. The van der Waals surface area contributed by atoms with Gasteiger partial charge in [0, 0.05) is 10.6 Å². The van der Waals surface area contributed by atoms with Crippen molar-refractivity contribution in [1.29, 1.82) is 0 Å². The van der Waals surface area contributed by atoms with Crippen molar-refractivity contribution in [2.45, 2.75) is 23.1 Å². The van der Waals surface area contributed by atoms with Gasteiger partial charge in [0.25, 0.3) is 0 Å². The average molecular weight is 259 g/mol. The molecule has 0 aliphatic carbocycles. The van der Waals surface area contributed by atoms with E-state index in [0.29, 0.717) is 0 Å². The van der Waals surface area contributed by atoms with Crippen molar-refractivity contribution in [2.24, 2.45) is 0 Å². The number of hydrogen-bond donors (Lipinski definition) is 1. The molecule has 3 heteroatoms. The second-order valence-corrected chi connectivity index (χ2v) is 5.13. The Labute approximate surface area is 112 Å². The fraction of sp³-hybridized carbons (Fsp3) is 0.200. The summed E-state index contributed by atoms with van der Waals surface area (Å²) in [4.78, 5) is 2.28. The van der Waals surface area contributed by atoms with Gasteiger partial charge >= 0.3 is 0 Å². The molecule has 0 fully saturated rings. The van der Waals surface area contributed by atoms with Crippen LogP contribution >= 0.6 is 11.8 Å². The van der Waals surface area contributed by atoms with Gasteiger partial charge in [-0.2, -0.15) is 0 Å². The first-order valence-corrected chi connectivity index (χ1v) is 6.75. The zero-order chi connectivity index (χ0) is 13.0. The molecule has 2 rings (SSSR count). The Morgan fingerprint density at radius 3 is 2.44 bits per heavy atom. The van der Waals surface area contributed by atoms with Crippen LogP contribution in [0.4, 0.5) is 5.69 Å². The average Bonchev–Trinajstić information content (AvgIpc) is 2.41. The SMILES string of the molecule is CCc1ccc(Sc2ccc(N)cc2)c(OC)c1. The van der Waals surface area contributed by atoms with Gasteiger partial charge in [0.1, 0.15) is 5.75 Å². The van der Waals surface area contributed by atoms with E-state index < -0.39 is 0 Å². The van der Waals surface area contributed by atoms with Gasteiger partial charge in [-0.05, 0) is 48.4 Å². The third-order valence-corrected chi connectivity index (χ3v) is 3.81. The summed E-state index contributed by atoms with van der Waals surface area (Å²) < 4.78 is 5.44. The van der Waals surface area contributed by atoms with Gasteiger partial charge in [0.2, 0.25) is 0 Å². The number of methoxy groups -OCH3 is 1. The van der Waals surface area contributed by atoms with Crippen LogP contribution in [0.15, 0.2) is 52.3 Å². The quantitative estimate of drug-likeness (QED) is 0.843. The minimum absolute atomic E-state index is 0.785. The number of benzene rings is 2. The van der Waals surface area contributed by atoms with Crippen molar-refractivity contribution in [2.75, 3.05) is 12.8 Å². The molecule has 0 saturated carbocycles. The van der Waals surface area contributed by atoms with Gasteiger partial charge in [-0.1, -0.05) is 24.8 Å². The van der Waals surface area contributed by atoms with E-state index in [4.69, 9.17) is 10.5 Å². The molecule has 18 heavy (non-hydrogen) atoms. The maximum Gasteiger partial charge on any atom is 0.133 e. The molecule has 0 aliphatic heterocycles. The summed E-state index contributed by atoms with van der Waals surface area (Å²) in [6.07, 6.45) is 1.02. The largest absolute Gasteiger partial charge is 0.496 e. The van der Waals surface area contributed by atoms with E-state index in [0.717, 1.165) is 27.6 Å². The normalized spacial score (nSPS) is 10.3. The van der Waals surface area contributed by atoms with E-state index in [-0.39, 0.29) is 0 Å². The molecule has 0 bridgehead atoms. The molecule has 0 aliphatic rings. The van der Waals surface area contributed by atoms with Crippen molar-refractivity contribution >= 4 is 17.4 Å². The van der Waals surface area contributed by atoms with E-state index in [9.17, 15) is 0 Å². The van der Waals surface area contributed by atoms with Crippen LogP contribution in [-0.4, -0.2) is 7.11 Å². The Morgan fingerprint density at radius 2 is 1.83 bits per heavy atom. The van der Waals surface area contributed by atoms with Crippen LogP contribution in [0.1, 0.15) is 12.5 Å². The first-order chi connectivity index (χ1) is 8.72. The van der Waals surface area contributed by atoms with E-state index in [1.54, 1.807) is 18.9 Å². The number of ether oxygens (including phenoxy) is 1. The molecule has 0 atom stereocenters. The highest BCUT2D eigenvalue weighted by molar-refractivity contribution is 7.99. The lowest BCUT2D eigenvalue weighted by Crippen LogP contribution is -1.89. The summed E-state index contributed by atoms with van der Waals surface area (Å²) in [6, 6.07) is 14.2. The summed E-state index contributed by atoms with van der Waals surface area (Å²) in [5.41, 5.74) is 7.75. The lowest BCUT2D eigenvalue weighted by Gasteiger charge is -2.09. The van der Waals surface area contributed by atoms with Crippen LogP contribution in [0, 0.1) is 0 Å². The number of nitrogens with two attached hydrogens (primary N) is 1. The number of rotatable bonds is 4. The minimum atomic E-state index is 0.785. The van der Waals surface area contributed by atoms with Gasteiger partial charge in [-0.25, -0.2) is 0 Å². The Kier molecular flexibility index (Phi) is 4.15. The maximum atomic E-state index is 5.68. The second kappa shape index (κ2) is 5.83. The first kappa shape index (κ1) is 12.8. The molecule has 0 aromatic heterocycles. The van der Waals surface area contributed by atoms with Crippen molar-refractivity contribution in [3.05, 3.63) is 48.0 Å². The predicted molar refractivity (Wildman–Crippen MR) is 77.3 cm³/mol. The standard InChI is InChI=1S/C15H17NOS/c1-3-11-4-9-15(14(10-11)17-2)18-13-7-5-12(16)6-8-13/h4-10H,3,16H2,1-2H3. The number of hydrogen-bond acceptors (Lipinski definition) is 3. The highest BCUT2D eigenvalue weighted by Crippen LogP contribution is 2.35. The van der Waals surface area contributed by atoms with Crippen molar-refractivity contribution < 1.29 is 4.74 Å². The zero-order valence-electron chi connectivity index (χ0n) is 10.6. The third kappa shape index (κ3) is 2.99. The van der Waals surface area contributed by atoms with E-state index in [1.165, 1.54) is 5.56 Å². The van der Waals surface area contributed by atoms with Gasteiger partial charge in [-0.3, -0.25) is 0 Å². The molecule has 0 amide bonds. The fourth-order valence-electron chi connectivity index (χ4n) is 1.68. The molecule has 0 spiro atoms. The monoisotopic (exact) mass is 259 g/mol. The summed E-state index contributed by atoms with van der Waals surface area (Å²) in [6.45, 7) is 2.14. The van der Waals surface area contributed by atoms with E-state index in [2.05, 4.69) is 25.1 Å². The molecule has 94 valence electrons.